The van der Waals surface area contributed by atoms with Gasteiger partial charge in [-0.2, -0.15) is 8.78 Å². The van der Waals surface area contributed by atoms with E-state index in [0.717, 1.165) is 16.3 Å². The Morgan fingerprint density at radius 1 is 1.19 bits per heavy atom. The van der Waals surface area contributed by atoms with Gasteiger partial charge in [0, 0.05) is 17.1 Å². The van der Waals surface area contributed by atoms with Crippen molar-refractivity contribution in [1.82, 2.24) is 10.3 Å². The van der Waals surface area contributed by atoms with Crippen LogP contribution in [-0.4, -0.2) is 17.6 Å². The zero-order chi connectivity index (χ0) is 15.4. The van der Waals surface area contributed by atoms with Crippen molar-refractivity contribution in [3.05, 3.63) is 45.9 Å². The molecule has 6 heteroatoms. The highest BCUT2D eigenvalue weighted by molar-refractivity contribution is 7.09. The molecule has 21 heavy (non-hydrogen) atoms. The molecule has 0 aliphatic rings. The molecule has 0 aliphatic heterocycles. The lowest BCUT2D eigenvalue weighted by Gasteiger charge is -2.20. The molecule has 0 fully saturated rings. The molecule has 0 bridgehead atoms. The molecule has 0 spiro atoms. The van der Waals surface area contributed by atoms with E-state index in [2.05, 4.69) is 28.9 Å². The fraction of sp³-hybridized carbons (Fsp3) is 0.400. The Hall–Kier alpha value is -1.53. The van der Waals surface area contributed by atoms with Crippen molar-refractivity contribution in [1.29, 1.82) is 0 Å². The van der Waals surface area contributed by atoms with E-state index in [1.807, 2.05) is 12.3 Å². The Morgan fingerprint density at radius 3 is 2.33 bits per heavy atom. The highest BCUT2D eigenvalue weighted by atomic mass is 32.1. The number of rotatable bonds is 6. The monoisotopic (exact) mass is 312 g/mol. The van der Waals surface area contributed by atoms with E-state index in [4.69, 9.17) is 0 Å². The summed E-state index contributed by atoms with van der Waals surface area (Å²) in [4.78, 5) is 4.52. The van der Waals surface area contributed by atoms with Crippen LogP contribution >= 0.6 is 11.3 Å². The largest absolute Gasteiger partial charge is 0.435 e. The topological polar surface area (TPSA) is 34.1 Å². The van der Waals surface area contributed by atoms with Gasteiger partial charge in [0.1, 0.15) is 10.8 Å². The van der Waals surface area contributed by atoms with Crippen molar-refractivity contribution in [3.8, 4) is 5.75 Å². The molecular weight excluding hydrogens is 294 g/mol. The van der Waals surface area contributed by atoms with Crippen LogP contribution in [0.25, 0.3) is 0 Å². The Morgan fingerprint density at radius 2 is 1.86 bits per heavy atom. The zero-order valence-electron chi connectivity index (χ0n) is 12.1. The standard InChI is InChI=1S/C15H18F2N2OS/c1-9(2)18-13(14-19-10(3)8-21-14)11-4-6-12(7-5-11)20-15(16)17/h4-9,13,15,18H,1-3H3. The van der Waals surface area contributed by atoms with Gasteiger partial charge >= 0.3 is 6.61 Å². The number of nitrogens with one attached hydrogen (secondary N) is 1. The van der Waals surface area contributed by atoms with Crippen LogP contribution in [0.1, 0.15) is 36.2 Å². The Balaban J connectivity index is 2.24. The van der Waals surface area contributed by atoms with Crippen molar-refractivity contribution in [2.75, 3.05) is 0 Å². The second kappa shape index (κ2) is 6.95. The molecule has 1 heterocycles. The fourth-order valence-corrected chi connectivity index (χ4v) is 2.87. The first-order valence-corrected chi connectivity index (χ1v) is 7.56. The Bertz CT molecular complexity index is 569. The van der Waals surface area contributed by atoms with E-state index in [1.165, 1.54) is 0 Å². The summed E-state index contributed by atoms with van der Waals surface area (Å²) in [5, 5.41) is 6.41. The summed E-state index contributed by atoms with van der Waals surface area (Å²) in [6, 6.07) is 6.90. The number of halogens is 2. The predicted molar refractivity (Wildman–Crippen MR) is 80.0 cm³/mol. The number of aryl methyl sites for hydroxylation is 1. The average Bonchev–Trinajstić information content (AvgIpc) is 2.83. The molecule has 0 saturated carbocycles. The van der Waals surface area contributed by atoms with E-state index in [-0.39, 0.29) is 17.8 Å². The number of hydrogen-bond donors (Lipinski definition) is 1. The molecule has 2 rings (SSSR count). The van der Waals surface area contributed by atoms with Gasteiger partial charge in [-0.05, 0) is 38.5 Å². The lowest BCUT2D eigenvalue weighted by molar-refractivity contribution is -0.0498. The van der Waals surface area contributed by atoms with Crippen LogP contribution in [0.5, 0.6) is 5.75 Å². The number of benzene rings is 1. The van der Waals surface area contributed by atoms with Gasteiger partial charge in [0.05, 0.1) is 6.04 Å². The molecule has 114 valence electrons. The minimum atomic E-state index is -2.80. The van der Waals surface area contributed by atoms with Gasteiger partial charge < -0.3 is 10.1 Å². The molecule has 3 nitrogen and oxygen atoms in total. The van der Waals surface area contributed by atoms with Crippen LogP contribution in [-0.2, 0) is 0 Å². The molecule has 1 aromatic heterocycles. The lowest BCUT2D eigenvalue weighted by Crippen LogP contribution is -2.28. The second-order valence-electron chi connectivity index (χ2n) is 5.03. The maximum atomic E-state index is 12.2. The number of nitrogens with zero attached hydrogens (tertiary/aromatic N) is 1. The summed E-state index contributed by atoms with van der Waals surface area (Å²) in [5.41, 5.74) is 1.95. The zero-order valence-corrected chi connectivity index (χ0v) is 13.0. The smallest absolute Gasteiger partial charge is 0.387 e. The highest BCUT2D eigenvalue weighted by Gasteiger charge is 2.18. The summed E-state index contributed by atoms with van der Waals surface area (Å²) >= 11 is 1.58. The van der Waals surface area contributed by atoms with Crippen molar-refractivity contribution >= 4 is 11.3 Å². The third-order valence-electron chi connectivity index (χ3n) is 2.82. The Labute approximate surface area is 127 Å². The van der Waals surface area contributed by atoms with Crippen LogP contribution in [0.15, 0.2) is 29.6 Å². The van der Waals surface area contributed by atoms with Crippen molar-refractivity contribution in [3.63, 3.8) is 0 Å². The molecular formula is C15H18F2N2OS. The van der Waals surface area contributed by atoms with Crippen LogP contribution in [0.2, 0.25) is 0 Å². The second-order valence-corrected chi connectivity index (χ2v) is 5.92. The van der Waals surface area contributed by atoms with E-state index in [1.54, 1.807) is 35.6 Å². The van der Waals surface area contributed by atoms with Gasteiger partial charge in [0.2, 0.25) is 0 Å². The third kappa shape index (κ3) is 4.47. The summed E-state index contributed by atoms with van der Waals surface area (Å²) in [7, 11) is 0. The minimum absolute atomic E-state index is 0.0516. The molecule has 0 radical (unpaired) electrons. The first kappa shape index (κ1) is 15.9. The van der Waals surface area contributed by atoms with Crippen molar-refractivity contribution < 1.29 is 13.5 Å². The van der Waals surface area contributed by atoms with Gasteiger partial charge in [0.25, 0.3) is 0 Å². The molecule has 1 atom stereocenters. The van der Waals surface area contributed by atoms with E-state index < -0.39 is 6.61 Å². The normalized spacial score (nSPS) is 12.9. The van der Waals surface area contributed by atoms with Gasteiger partial charge in [-0.1, -0.05) is 12.1 Å². The van der Waals surface area contributed by atoms with Gasteiger partial charge in [0.15, 0.2) is 0 Å². The number of ether oxygens (including phenoxy) is 1. The summed E-state index contributed by atoms with van der Waals surface area (Å²) in [6.45, 7) is 3.26. The lowest BCUT2D eigenvalue weighted by atomic mass is 10.1. The van der Waals surface area contributed by atoms with Crippen molar-refractivity contribution in [2.24, 2.45) is 0 Å². The Kier molecular flexibility index (Phi) is 5.25. The van der Waals surface area contributed by atoms with Crippen LogP contribution in [0.3, 0.4) is 0 Å². The van der Waals surface area contributed by atoms with E-state index in [0.29, 0.717) is 0 Å². The predicted octanol–water partition coefficient (Wildman–Crippen LogP) is 4.14. The molecule has 0 aliphatic carbocycles. The molecule has 1 unspecified atom stereocenters. The average molecular weight is 312 g/mol. The SMILES string of the molecule is Cc1csc(C(NC(C)C)c2ccc(OC(F)F)cc2)n1. The van der Waals surface area contributed by atoms with Crippen LogP contribution in [0, 0.1) is 6.92 Å². The molecule has 1 aromatic carbocycles. The number of thiazole rings is 1. The van der Waals surface area contributed by atoms with Crippen LogP contribution < -0.4 is 10.1 Å². The summed E-state index contributed by atoms with van der Waals surface area (Å²) in [6.07, 6.45) is 0. The first-order chi connectivity index (χ1) is 9.95. The first-order valence-electron chi connectivity index (χ1n) is 6.68. The minimum Gasteiger partial charge on any atom is -0.435 e. The van der Waals surface area contributed by atoms with Crippen molar-refractivity contribution in [2.45, 2.75) is 39.5 Å². The maximum absolute atomic E-state index is 12.2. The quantitative estimate of drug-likeness (QED) is 0.870. The number of aromatic nitrogens is 1. The molecule has 1 N–H and O–H groups in total. The molecule has 0 amide bonds. The number of alkyl halides is 2. The number of hydrogen-bond acceptors (Lipinski definition) is 4. The molecule has 0 saturated heterocycles. The summed E-state index contributed by atoms with van der Waals surface area (Å²) < 4.78 is 28.7. The molecule has 2 aromatic rings. The van der Waals surface area contributed by atoms with E-state index in [9.17, 15) is 8.78 Å². The summed E-state index contributed by atoms with van der Waals surface area (Å²) in [5.74, 6) is 0.160. The third-order valence-corrected chi connectivity index (χ3v) is 3.85. The van der Waals surface area contributed by atoms with Crippen LogP contribution in [0.4, 0.5) is 8.78 Å². The van der Waals surface area contributed by atoms with E-state index >= 15 is 0 Å². The maximum Gasteiger partial charge on any atom is 0.387 e. The van der Waals surface area contributed by atoms with Gasteiger partial charge in [-0.3, -0.25) is 0 Å². The highest BCUT2D eigenvalue weighted by Crippen LogP contribution is 2.27. The fourth-order valence-electron chi connectivity index (χ4n) is 1.99. The van der Waals surface area contributed by atoms with Gasteiger partial charge in [-0.15, -0.1) is 11.3 Å². The van der Waals surface area contributed by atoms with Gasteiger partial charge in [-0.25, -0.2) is 4.98 Å².